The number of likely N-dealkylation sites (tertiary alicyclic amines) is 1. The molecule has 25 heavy (non-hydrogen) atoms. The number of carbonyl (C=O) groups is 1. The molecule has 1 saturated heterocycles. The monoisotopic (exact) mass is 344 g/mol. The lowest BCUT2D eigenvalue weighted by Crippen LogP contribution is -2.55. The third-order valence-corrected chi connectivity index (χ3v) is 4.68. The maximum Gasteiger partial charge on any atom is 0.328 e. The van der Waals surface area contributed by atoms with E-state index in [1.807, 2.05) is 0 Å². The molecular weight excluding hydrogens is 324 g/mol. The molecule has 0 spiro atoms. The molecule has 2 aromatic rings. The molecule has 1 aliphatic rings. The standard InChI is InChI=1S/C17H20N4O4/c1-11-9-21(16(24)19-14(11)22)13-10-20(7-5-17(13,2)25)15(23)12-4-3-6-18-8-12/h3-4,6,8-9,13,25H,5,7,10H2,1-2H3,(H,19,22,24)/t13-,17-/m1/s1. The first-order valence-corrected chi connectivity index (χ1v) is 8.03. The lowest BCUT2D eigenvalue weighted by atomic mass is 9.87. The molecule has 3 heterocycles. The minimum Gasteiger partial charge on any atom is -0.388 e. The van der Waals surface area contributed by atoms with Gasteiger partial charge < -0.3 is 10.0 Å². The van der Waals surface area contributed by atoms with Crippen molar-refractivity contribution in [3.63, 3.8) is 0 Å². The van der Waals surface area contributed by atoms with Crippen molar-refractivity contribution in [2.45, 2.75) is 31.9 Å². The topological polar surface area (TPSA) is 108 Å². The molecule has 132 valence electrons. The van der Waals surface area contributed by atoms with Gasteiger partial charge >= 0.3 is 5.69 Å². The van der Waals surface area contributed by atoms with E-state index in [9.17, 15) is 19.5 Å². The van der Waals surface area contributed by atoms with Crippen LogP contribution in [-0.4, -0.2) is 49.1 Å². The van der Waals surface area contributed by atoms with Crippen LogP contribution in [0.1, 0.15) is 35.3 Å². The van der Waals surface area contributed by atoms with Gasteiger partial charge in [-0.2, -0.15) is 0 Å². The van der Waals surface area contributed by atoms with E-state index in [4.69, 9.17) is 0 Å². The molecule has 0 unspecified atom stereocenters. The fourth-order valence-electron chi connectivity index (χ4n) is 3.09. The first-order valence-electron chi connectivity index (χ1n) is 8.03. The van der Waals surface area contributed by atoms with Crippen molar-refractivity contribution >= 4 is 5.91 Å². The van der Waals surface area contributed by atoms with E-state index in [0.717, 1.165) is 0 Å². The van der Waals surface area contributed by atoms with Crippen molar-refractivity contribution in [1.29, 1.82) is 0 Å². The summed E-state index contributed by atoms with van der Waals surface area (Å²) in [5.41, 5.74) is -1.42. The van der Waals surface area contributed by atoms with E-state index >= 15 is 0 Å². The molecule has 0 saturated carbocycles. The highest BCUT2D eigenvalue weighted by atomic mass is 16.3. The van der Waals surface area contributed by atoms with E-state index in [0.29, 0.717) is 24.1 Å². The number of nitrogens with one attached hydrogen (secondary N) is 1. The third-order valence-electron chi connectivity index (χ3n) is 4.68. The molecule has 1 fully saturated rings. The zero-order valence-corrected chi connectivity index (χ0v) is 14.1. The number of aromatic amines is 1. The number of carbonyl (C=O) groups excluding carboxylic acids is 1. The fraction of sp³-hybridized carbons (Fsp3) is 0.412. The average Bonchev–Trinajstić information content (AvgIpc) is 2.58. The van der Waals surface area contributed by atoms with Crippen LogP contribution in [-0.2, 0) is 0 Å². The van der Waals surface area contributed by atoms with Crippen LogP contribution in [0.25, 0.3) is 0 Å². The summed E-state index contributed by atoms with van der Waals surface area (Å²) in [7, 11) is 0. The number of amides is 1. The van der Waals surface area contributed by atoms with E-state index in [1.165, 1.54) is 17.0 Å². The van der Waals surface area contributed by atoms with E-state index in [-0.39, 0.29) is 12.5 Å². The van der Waals surface area contributed by atoms with Crippen LogP contribution in [0.4, 0.5) is 0 Å². The predicted octanol–water partition coefficient (Wildman–Crippen LogP) is 0.0782. The van der Waals surface area contributed by atoms with Crippen molar-refractivity contribution in [2.24, 2.45) is 0 Å². The number of aryl methyl sites for hydroxylation is 1. The number of aliphatic hydroxyl groups is 1. The predicted molar refractivity (Wildman–Crippen MR) is 90.5 cm³/mol. The van der Waals surface area contributed by atoms with Gasteiger partial charge in [0, 0.05) is 37.2 Å². The largest absolute Gasteiger partial charge is 0.388 e. The van der Waals surface area contributed by atoms with Gasteiger partial charge in [-0.3, -0.25) is 24.1 Å². The maximum absolute atomic E-state index is 12.7. The number of rotatable bonds is 2. The molecular formula is C17H20N4O4. The second-order valence-corrected chi connectivity index (χ2v) is 6.59. The Bertz CT molecular complexity index is 901. The molecule has 3 rings (SSSR count). The molecule has 8 nitrogen and oxygen atoms in total. The van der Waals surface area contributed by atoms with Gasteiger partial charge in [0.15, 0.2) is 0 Å². The molecule has 0 aliphatic carbocycles. The number of hydrogen-bond donors (Lipinski definition) is 2. The Balaban J connectivity index is 1.95. The molecule has 2 N–H and O–H groups in total. The Morgan fingerprint density at radius 1 is 1.44 bits per heavy atom. The first-order chi connectivity index (χ1) is 11.8. The van der Waals surface area contributed by atoms with Gasteiger partial charge in [0.05, 0.1) is 17.2 Å². The zero-order valence-electron chi connectivity index (χ0n) is 14.1. The van der Waals surface area contributed by atoms with Crippen molar-refractivity contribution in [2.75, 3.05) is 13.1 Å². The van der Waals surface area contributed by atoms with Crippen LogP contribution in [0.15, 0.2) is 40.3 Å². The smallest absolute Gasteiger partial charge is 0.328 e. The van der Waals surface area contributed by atoms with Crippen molar-refractivity contribution in [3.8, 4) is 0 Å². The number of H-pyrrole nitrogens is 1. The second kappa shape index (κ2) is 6.29. The Morgan fingerprint density at radius 3 is 2.88 bits per heavy atom. The average molecular weight is 344 g/mol. The van der Waals surface area contributed by atoms with Crippen molar-refractivity contribution in [3.05, 3.63) is 62.7 Å². The number of piperidine rings is 1. The molecule has 8 heteroatoms. The van der Waals surface area contributed by atoms with Crippen molar-refractivity contribution in [1.82, 2.24) is 19.4 Å². The molecule has 0 radical (unpaired) electrons. The number of pyridine rings is 1. The Hall–Kier alpha value is -2.74. The Labute approximate surface area is 143 Å². The van der Waals surface area contributed by atoms with Gasteiger partial charge in [-0.05, 0) is 32.4 Å². The quantitative estimate of drug-likeness (QED) is 0.802. The minimum absolute atomic E-state index is 0.159. The van der Waals surface area contributed by atoms with E-state index in [2.05, 4.69) is 9.97 Å². The van der Waals surface area contributed by atoms with Crippen LogP contribution in [0.3, 0.4) is 0 Å². The van der Waals surface area contributed by atoms with Gasteiger partial charge in [0.1, 0.15) is 0 Å². The number of hydrogen-bond acceptors (Lipinski definition) is 5. The van der Waals surface area contributed by atoms with Crippen molar-refractivity contribution < 1.29 is 9.90 Å². The van der Waals surface area contributed by atoms with Gasteiger partial charge in [0.2, 0.25) is 0 Å². The van der Waals surface area contributed by atoms with Crippen LogP contribution in [0.2, 0.25) is 0 Å². The molecule has 1 amide bonds. The maximum atomic E-state index is 12.7. The zero-order chi connectivity index (χ0) is 18.2. The normalized spacial score (nSPS) is 23.5. The highest BCUT2D eigenvalue weighted by Gasteiger charge is 2.41. The van der Waals surface area contributed by atoms with Gasteiger partial charge in [-0.25, -0.2) is 4.79 Å². The Morgan fingerprint density at radius 2 is 2.20 bits per heavy atom. The van der Waals surface area contributed by atoms with Gasteiger partial charge in [0.25, 0.3) is 11.5 Å². The molecule has 0 bridgehead atoms. The van der Waals surface area contributed by atoms with E-state index < -0.39 is 22.9 Å². The summed E-state index contributed by atoms with van der Waals surface area (Å²) in [6, 6.07) is 2.69. The fourth-order valence-corrected chi connectivity index (χ4v) is 3.09. The molecule has 2 atom stereocenters. The van der Waals surface area contributed by atoms with Gasteiger partial charge in [-0.15, -0.1) is 0 Å². The van der Waals surface area contributed by atoms with E-state index in [1.54, 1.807) is 37.1 Å². The number of aromatic nitrogens is 3. The van der Waals surface area contributed by atoms with Crippen LogP contribution in [0.5, 0.6) is 0 Å². The van der Waals surface area contributed by atoms with Crippen LogP contribution in [0, 0.1) is 6.92 Å². The molecule has 1 aliphatic heterocycles. The summed E-state index contributed by atoms with van der Waals surface area (Å²) in [6.45, 7) is 3.75. The SMILES string of the molecule is Cc1cn([C@@H]2CN(C(=O)c3cccnc3)CC[C@@]2(C)O)c(=O)[nH]c1=O. The lowest BCUT2D eigenvalue weighted by Gasteiger charge is -2.43. The summed E-state index contributed by atoms with van der Waals surface area (Å²) in [6.07, 6.45) is 4.82. The summed E-state index contributed by atoms with van der Waals surface area (Å²) in [4.78, 5) is 44.2. The molecule has 0 aromatic carbocycles. The summed E-state index contributed by atoms with van der Waals surface area (Å²) in [5.74, 6) is -0.206. The minimum atomic E-state index is -1.18. The lowest BCUT2D eigenvalue weighted by molar-refractivity contribution is -0.0460. The first kappa shape index (κ1) is 17.1. The highest BCUT2D eigenvalue weighted by Crippen LogP contribution is 2.31. The Kier molecular flexibility index (Phi) is 4.30. The summed E-state index contributed by atoms with van der Waals surface area (Å²) in [5, 5.41) is 10.7. The summed E-state index contributed by atoms with van der Waals surface area (Å²) < 4.78 is 1.30. The van der Waals surface area contributed by atoms with Crippen LogP contribution >= 0.6 is 0 Å². The van der Waals surface area contributed by atoms with Crippen LogP contribution < -0.4 is 11.2 Å². The number of nitrogens with zero attached hydrogens (tertiary/aromatic N) is 3. The van der Waals surface area contributed by atoms with Gasteiger partial charge in [-0.1, -0.05) is 0 Å². The highest BCUT2D eigenvalue weighted by molar-refractivity contribution is 5.94. The summed E-state index contributed by atoms with van der Waals surface area (Å²) >= 11 is 0. The molecule has 2 aromatic heterocycles. The third kappa shape index (κ3) is 3.25. The second-order valence-electron chi connectivity index (χ2n) is 6.59.